The van der Waals surface area contributed by atoms with E-state index in [0.29, 0.717) is 0 Å². The van der Waals surface area contributed by atoms with E-state index in [9.17, 15) is 0 Å². The van der Waals surface area contributed by atoms with E-state index < -0.39 is 0 Å². The van der Waals surface area contributed by atoms with E-state index in [1.807, 2.05) is 22.9 Å². The van der Waals surface area contributed by atoms with Crippen LogP contribution >= 0.6 is 0 Å². The third-order valence-corrected chi connectivity index (χ3v) is 4.70. The number of benzene rings is 3. The third-order valence-electron chi connectivity index (χ3n) is 4.70. The van der Waals surface area contributed by atoms with Crippen LogP contribution in [0.5, 0.6) is 0 Å². The van der Waals surface area contributed by atoms with Crippen molar-refractivity contribution in [1.29, 1.82) is 0 Å². The van der Waals surface area contributed by atoms with Gasteiger partial charge in [0.05, 0.1) is 17.1 Å². The molecule has 0 amide bonds. The molecule has 4 rings (SSSR count). The Hall–Kier alpha value is -3.33. The van der Waals surface area contributed by atoms with Gasteiger partial charge in [0.25, 0.3) is 0 Å². The van der Waals surface area contributed by atoms with Crippen LogP contribution in [-0.4, -0.2) is 23.9 Å². The molecule has 0 unspecified atom stereocenters. The maximum Gasteiger partial charge on any atom is 0.0934 e. The first kappa shape index (κ1) is 17.1. The second-order valence-electron chi connectivity index (χ2n) is 6.97. The van der Waals surface area contributed by atoms with Crippen LogP contribution in [0.15, 0.2) is 84.9 Å². The molecule has 0 spiro atoms. The number of hydrogen-bond donors (Lipinski definition) is 0. The Bertz CT molecular complexity index is 1040. The van der Waals surface area contributed by atoms with Gasteiger partial charge < -0.3 is 4.90 Å². The average Bonchev–Trinajstić information content (AvgIpc) is 3.14. The number of anilines is 1. The van der Waals surface area contributed by atoms with Crippen molar-refractivity contribution in [2.24, 2.45) is 0 Å². The van der Waals surface area contributed by atoms with E-state index in [1.165, 1.54) is 11.3 Å². The van der Waals surface area contributed by atoms with Crippen LogP contribution in [0.2, 0.25) is 0 Å². The fourth-order valence-corrected chi connectivity index (χ4v) is 3.23. The summed E-state index contributed by atoms with van der Waals surface area (Å²) in [6.45, 7) is 2.11. The summed E-state index contributed by atoms with van der Waals surface area (Å²) in [7, 11) is 4.11. The molecule has 4 aromatic rings. The summed E-state index contributed by atoms with van der Waals surface area (Å²) in [5.41, 5.74) is 7.83. The monoisotopic (exact) mass is 353 g/mol. The Kier molecular flexibility index (Phi) is 4.51. The average molecular weight is 353 g/mol. The van der Waals surface area contributed by atoms with Crippen molar-refractivity contribution in [2.75, 3.05) is 19.0 Å². The number of hydrogen-bond acceptors (Lipinski definition) is 2. The van der Waals surface area contributed by atoms with Crippen LogP contribution in [0.1, 0.15) is 5.56 Å². The van der Waals surface area contributed by atoms with Gasteiger partial charge in [-0.25, -0.2) is 4.68 Å². The Morgan fingerprint density at radius 2 is 1.48 bits per heavy atom. The molecular weight excluding hydrogens is 330 g/mol. The minimum atomic E-state index is 0.981. The van der Waals surface area contributed by atoms with Crippen molar-refractivity contribution >= 4 is 5.69 Å². The molecule has 0 radical (unpaired) electrons. The van der Waals surface area contributed by atoms with Crippen LogP contribution in [0, 0.1) is 6.92 Å². The molecule has 3 aromatic carbocycles. The molecule has 0 aliphatic heterocycles. The predicted molar refractivity (Wildman–Crippen MR) is 114 cm³/mol. The van der Waals surface area contributed by atoms with Crippen LogP contribution < -0.4 is 4.90 Å². The highest BCUT2D eigenvalue weighted by Gasteiger charge is 2.13. The number of aryl methyl sites for hydroxylation is 1. The number of nitrogens with zero attached hydrogens (tertiary/aromatic N) is 3. The van der Waals surface area contributed by atoms with Gasteiger partial charge in [-0.05, 0) is 43.3 Å². The lowest BCUT2D eigenvalue weighted by Gasteiger charge is -2.13. The highest BCUT2D eigenvalue weighted by molar-refractivity contribution is 5.72. The lowest BCUT2D eigenvalue weighted by atomic mass is 10.1. The quantitative estimate of drug-likeness (QED) is 0.477. The topological polar surface area (TPSA) is 21.1 Å². The normalized spacial score (nSPS) is 10.8. The predicted octanol–water partition coefficient (Wildman–Crippen LogP) is 5.58. The first-order valence-corrected chi connectivity index (χ1v) is 9.12. The van der Waals surface area contributed by atoms with Gasteiger partial charge in [0.1, 0.15) is 0 Å². The summed E-state index contributed by atoms with van der Waals surface area (Å²) in [5, 5.41) is 4.93. The van der Waals surface area contributed by atoms with Crippen molar-refractivity contribution in [3.63, 3.8) is 0 Å². The van der Waals surface area contributed by atoms with E-state index in [1.54, 1.807) is 0 Å². The van der Waals surface area contributed by atoms with Gasteiger partial charge in [-0.2, -0.15) is 5.10 Å². The lowest BCUT2D eigenvalue weighted by molar-refractivity contribution is 0.892. The highest BCUT2D eigenvalue weighted by Crippen LogP contribution is 2.30. The maximum atomic E-state index is 4.93. The first-order chi connectivity index (χ1) is 13.1. The van der Waals surface area contributed by atoms with Gasteiger partial charge in [-0.3, -0.25) is 0 Å². The standard InChI is InChI=1S/C24H23N3/c1-18-8-7-9-20(16-18)23-17-24(19-12-14-21(15-13-19)26(2)3)27(25-23)22-10-5-4-6-11-22/h4-17H,1-3H3. The zero-order chi connectivity index (χ0) is 18.8. The summed E-state index contributed by atoms with van der Waals surface area (Å²) >= 11 is 0. The summed E-state index contributed by atoms with van der Waals surface area (Å²) in [5.74, 6) is 0. The molecule has 0 saturated heterocycles. The molecule has 1 heterocycles. The first-order valence-electron chi connectivity index (χ1n) is 9.12. The molecule has 27 heavy (non-hydrogen) atoms. The summed E-state index contributed by atoms with van der Waals surface area (Å²) in [6.07, 6.45) is 0. The van der Waals surface area contributed by atoms with Gasteiger partial charge in [0, 0.05) is 30.9 Å². The Labute approximate surface area is 160 Å². The fourth-order valence-electron chi connectivity index (χ4n) is 3.23. The zero-order valence-corrected chi connectivity index (χ0v) is 15.9. The molecule has 3 heteroatoms. The van der Waals surface area contributed by atoms with Crippen molar-refractivity contribution in [3.05, 3.63) is 90.5 Å². The van der Waals surface area contributed by atoms with Crippen molar-refractivity contribution in [1.82, 2.24) is 9.78 Å². The molecule has 1 aromatic heterocycles. The molecule has 134 valence electrons. The third kappa shape index (κ3) is 3.49. The lowest BCUT2D eigenvalue weighted by Crippen LogP contribution is -2.08. The molecular formula is C24H23N3. The molecule has 0 N–H and O–H groups in total. The minimum absolute atomic E-state index is 0.981. The second-order valence-corrected chi connectivity index (χ2v) is 6.97. The summed E-state index contributed by atoms with van der Waals surface area (Å²) < 4.78 is 2.03. The SMILES string of the molecule is Cc1cccc(-c2cc(-c3ccc(N(C)C)cc3)n(-c3ccccc3)n2)c1. The minimum Gasteiger partial charge on any atom is -0.378 e. The molecule has 0 atom stereocenters. The Balaban J connectivity index is 1.86. The molecule has 3 nitrogen and oxygen atoms in total. The summed E-state index contributed by atoms with van der Waals surface area (Å²) in [4.78, 5) is 2.11. The van der Waals surface area contributed by atoms with E-state index in [-0.39, 0.29) is 0 Å². The molecule has 0 saturated carbocycles. The van der Waals surface area contributed by atoms with E-state index in [4.69, 9.17) is 5.10 Å². The summed E-state index contributed by atoms with van der Waals surface area (Å²) in [6, 6.07) is 29.6. The van der Waals surface area contributed by atoms with Gasteiger partial charge in [0.2, 0.25) is 0 Å². The van der Waals surface area contributed by atoms with E-state index in [2.05, 4.69) is 92.6 Å². The van der Waals surface area contributed by atoms with E-state index in [0.717, 1.165) is 28.2 Å². The van der Waals surface area contributed by atoms with Crippen LogP contribution in [-0.2, 0) is 0 Å². The highest BCUT2D eigenvalue weighted by atomic mass is 15.3. The van der Waals surface area contributed by atoms with Crippen molar-refractivity contribution in [2.45, 2.75) is 6.92 Å². The maximum absolute atomic E-state index is 4.93. The molecule has 0 aliphatic carbocycles. The zero-order valence-electron chi connectivity index (χ0n) is 15.9. The smallest absolute Gasteiger partial charge is 0.0934 e. The van der Waals surface area contributed by atoms with Crippen LogP contribution in [0.3, 0.4) is 0 Å². The number of aromatic nitrogens is 2. The van der Waals surface area contributed by atoms with Gasteiger partial charge in [0.15, 0.2) is 0 Å². The Morgan fingerprint density at radius 1 is 0.741 bits per heavy atom. The van der Waals surface area contributed by atoms with Gasteiger partial charge >= 0.3 is 0 Å². The van der Waals surface area contributed by atoms with E-state index >= 15 is 0 Å². The number of rotatable bonds is 4. The van der Waals surface area contributed by atoms with Crippen LogP contribution in [0.25, 0.3) is 28.2 Å². The van der Waals surface area contributed by atoms with Crippen LogP contribution in [0.4, 0.5) is 5.69 Å². The van der Waals surface area contributed by atoms with Gasteiger partial charge in [-0.1, -0.05) is 54.1 Å². The Morgan fingerprint density at radius 3 is 2.15 bits per heavy atom. The van der Waals surface area contributed by atoms with Gasteiger partial charge in [-0.15, -0.1) is 0 Å². The molecule has 0 fully saturated rings. The molecule has 0 aliphatic rings. The second kappa shape index (κ2) is 7.12. The largest absolute Gasteiger partial charge is 0.378 e. The molecule has 0 bridgehead atoms. The van der Waals surface area contributed by atoms with Crippen molar-refractivity contribution in [3.8, 4) is 28.2 Å². The van der Waals surface area contributed by atoms with Crippen molar-refractivity contribution < 1.29 is 0 Å². The number of para-hydroxylation sites is 1. The fraction of sp³-hybridized carbons (Fsp3) is 0.125.